The van der Waals surface area contributed by atoms with E-state index in [9.17, 15) is 9.18 Å². The number of halogens is 1. The van der Waals surface area contributed by atoms with Crippen LogP contribution < -0.4 is 10.6 Å². The zero-order chi connectivity index (χ0) is 17.0. The summed E-state index contributed by atoms with van der Waals surface area (Å²) < 4.78 is 12.8. The highest BCUT2D eigenvalue weighted by atomic mass is 19.1. The summed E-state index contributed by atoms with van der Waals surface area (Å²) in [5.74, 6) is -0.186. The van der Waals surface area contributed by atoms with Gasteiger partial charge >= 0.3 is 0 Å². The number of amides is 1. The van der Waals surface area contributed by atoms with Gasteiger partial charge in [0.25, 0.3) is 0 Å². The number of benzene rings is 2. The lowest BCUT2D eigenvalue weighted by atomic mass is 10.1. The number of hydrogen-bond acceptors (Lipinski definition) is 2. The van der Waals surface area contributed by atoms with Crippen LogP contribution in [-0.2, 0) is 17.6 Å². The second-order valence-corrected chi connectivity index (χ2v) is 5.82. The third-order valence-electron chi connectivity index (χ3n) is 3.84. The van der Waals surface area contributed by atoms with Crippen LogP contribution in [0.2, 0.25) is 0 Å². The Hall–Kier alpha value is -2.20. The minimum Gasteiger partial charge on any atom is -0.356 e. The molecule has 2 aromatic rings. The summed E-state index contributed by atoms with van der Waals surface area (Å²) in [4.78, 5) is 11.7. The average molecular weight is 328 g/mol. The molecule has 0 spiro atoms. The summed E-state index contributed by atoms with van der Waals surface area (Å²) in [6.45, 7) is 2.19. The molecule has 2 rings (SSSR count). The summed E-state index contributed by atoms with van der Waals surface area (Å²) in [6, 6.07) is 16.8. The van der Waals surface area contributed by atoms with Crippen molar-refractivity contribution in [3.8, 4) is 0 Å². The van der Waals surface area contributed by atoms with Gasteiger partial charge in [0.2, 0.25) is 5.91 Å². The van der Waals surface area contributed by atoms with E-state index in [2.05, 4.69) is 34.9 Å². The topological polar surface area (TPSA) is 41.1 Å². The Kier molecular flexibility index (Phi) is 7.98. The number of carbonyl (C=O) groups is 1. The zero-order valence-corrected chi connectivity index (χ0v) is 13.9. The summed E-state index contributed by atoms with van der Waals surface area (Å²) in [7, 11) is 0. The highest BCUT2D eigenvalue weighted by Crippen LogP contribution is 2.03. The SMILES string of the molecule is O=C(CCNCCCc1ccccc1)NCCc1ccc(F)cc1. The van der Waals surface area contributed by atoms with Crippen LogP contribution in [0.5, 0.6) is 0 Å². The van der Waals surface area contributed by atoms with E-state index >= 15 is 0 Å². The molecule has 0 aliphatic heterocycles. The highest BCUT2D eigenvalue weighted by Gasteiger charge is 2.01. The van der Waals surface area contributed by atoms with Gasteiger partial charge in [-0.1, -0.05) is 42.5 Å². The fraction of sp³-hybridized carbons (Fsp3) is 0.350. The molecule has 2 aromatic carbocycles. The van der Waals surface area contributed by atoms with Crippen LogP contribution in [-0.4, -0.2) is 25.5 Å². The van der Waals surface area contributed by atoms with Crippen LogP contribution in [0.1, 0.15) is 24.0 Å². The molecule has 0 saturated heterocycles. The molecule has 2 N–H and O–H groups in total. The number of rotatable bonds is 10. The minimum absolute atomic E-state index is 0.0488. The third-order valence-corrected chi connectivity index (χ3v) is 3.84. The summed E-state index contributed by atoms with van der Waals surface area (Å²) in [6.07, 6.45) is 3.32. The number of nitrogens with one attached hydrogen (secondary N) is 2. The van der Waals surface area contributed by atoms with Gasteiger partial charge in [0, 0.05) is 19.5 Å². The van der Waals surface area contributed by atoms with Gasteiger partial charge in [-0.2, -0.15) is 0 Å². The summed E-state index contributed by atoms with van der Waals surface area (Å²) in [5.41, 5.74) is 2.37. The molecule has 0 fully saturated rings. The molecule has 0 bridgehead atoms. The molecular weight excluding hydrogens is 303 g/mol. The van der Waals surface area contributed by atoms with E-state index in [-0.39, 0.29) is 11.7 Å². The Morgan fingerprint density at radius 2 is 1.54 bits per heavy atom. The van der Waals surface area contributed by atoms with Gasteiger partial charge in [0.05, 0.1) is 0 Å². The van der Waals surface area contributed by atoms with Gasteiger partial charge in [-0.15, -0.1) is 0 Å². The van der Waals surface area contributed by atoms with E-state index in [1.54, 1.807) is 12.1 Å². The lowest BCUT2D eigenvalue weighted by Gasteiger charge is -2.07. The van der Waals surface area contributed by atoms with Gasteiger partial charge < -0.3 is 10.6 Å². The molecule has 4 heteroatoms. The normalized spacial score (nSPS) is 10.5. The fourth-order valence-corrected chi connectivity index (χ4v) is 2.47. The molecule has 0 aromatic heterocycles. The minimum atomic E-state index is -0.235. The lowest BCUT2D eigenvalue weighted by Crippen LogP contribution is -2.29. The summed E-state index contributed by atoms with van der Waals surface area (Å²) >= 11 is 0. The first-order chi connectivity index (χ1) is 11.7. The average Bonchev–Trinajstić information content (AvgIpc) is 2.60. The molecule has 0 heterocycles. The molecule has 128 valence electrons. The van der Waals surface area contributed by atoms with Gasteiger partial charge in [0.15, 0.2) is 0 Å². The number of carbonyl (C=O) groups excluding carboxylic acids is 1. The van der Waals surface area contributed by atoms with E-state index in [0.29, 0.717) is 19.5 Å². The van der Waals surface area contributed by atoms with Gasteiger partial charge in [-0.25, -0.2) is 4.39 Å². The van der Waals surface area contributed by atoms with E-state index in [0.717, 1.165) is 31.4 Å². The Morgan fingerprint density at radius 1 is 0.833 bits per heavy atom. The summed E-state index contributed by atoms with van der Waals surface area (Å²) in [5, 5.41) is 6.19. The Balaban J connectivity index is 1.47. The van der Waals surface area contributed by atoms with Crippen molar-refractivity contribution in [3.63, 3.8) is 0 Å². The van der Waals surface area contributed by atoms with Crippen molar-refractivity contribution in [1.29, 1.82) is 0 Å². The van der Waals surface area contributed by atoms with Gasteiger partial charge in [-0.3, -0.25) is 4.79 Å². The van der Waals surface area contributed by atoms with Crippen molar-refractivity contribution in [3.05, 3.63) is 71.5 Å². The fourth-order valence-electron chi connectivity index (χ4n) is 2.47. The molecule has 1 amide bonds. The molecule has 3 nitrogen and oxygen atoms in total. The standard InChI is InChI=1S/C20H25FN2O/c21-19-10-8-18(9-11-19)12-16-23-20(24)13-15-22-14-4-7-17-5-2-1-3-6-17/h1-3,5-6,8-11,22H,4,7,12-16H2,(H,23,24). The lowest BCUT2D eigenvalue weighted by molar-refractivity contribution is -0.120. The second kappa shape index (κ2) is 10.6. The molecular formula is C20H25FN2O. The maximum Gasteiger partial charge on any atom is 0.221 e. The van der Waals surface area contributed by atoms with Crippen LogP contribution in [0, 0.1) is 5.82 Å². The zero-order valence-electron chi connectivity index (χ0n) is 13.9. The Labute approximate surface area is 143 Å². The van der Waals surface area contributed by atoms with Crippen molar-refractivity contribution in [2.24, 2.45) is 0 Å². The predicted octanol–water partition coefficient (Wildman–Crippen LogP) is 3.10. The smallest absolute Gasteiger partial charge is 0.221 e. The molecule has 24 heavy (non-hydrogen) atoms. The largest absolute Gasteiger partial charge is 0.356 e. The highest BCUT2D eigenvalue weighted by molar-refractivity contribution is 5.76. The maximum atomic E-state index is 12.8. The van der Waals surface area contributed by atoms with Crippen molar-refractivity contribution < 1.29 is 9.18 Å². The Bertz CT molecular complexity index is 599. The third kappa shape index (κ3) is 7.38. The molecule has 0 saturated carbocycles. The van der Waals surface area contributed by atoms with Crippen molar-refractivity contribution in [2.75, 3.05) is 19.6 Å². The van der Waals surface area contributed by atoms with Crippen molar-refractivity contribution in [2.45, 2.75) is 25.7 Å². The van der Waals surface area contributed by atoms with Crippen LogP contribution in [0.25, 0.3) is 0 Å². The van der Waals surface area contributed by atoms with Crippen molar-refractivity contribution in [1.82, 2.24) is 10.6 Å². The number of hydrogen-bond donors (Lipinski definition) is 2. The van der Waals surface area contributed by atoms with E-state index in [1.165, 1.54) is 17.7 Å². The van der Waals surface area contributed by atoms with Crippen LogP contribution >= 0.6 is 0 Å². The maximum absolute atomic E-state index is 12.8. The molecule has 0 aliphatic rings. The Morgan fingerprint density at radius 3 is 2.29 bits per heavy atom. The van der Waals surface area contributed by atoms with Crippen LogP contribution in [0.3, 0.4) is 0 Å². The van der Waals surface area contributed by atoms with Gasteiger partial charge in [-0.05, 0) is 49.1 Å². The molecule has 0 aliphatic carbocycles. The molecule has 0 unspecified atom stereocenters. The molecule has 0 atom stereocenters. The number of aryl methyl sites for hydroxylation is 1. The molecule has 0 radical (unpaired) electrons. The van der Waals surface area contributed by atoms with Crippen molar-refractivity contribution >= 4 is 5.91 Å². The van der Waals surface area contributed by atoms with E-state index < -0.39 is 0 Å². The second-order valence-electron chi connectivity index (χ2n) is 5.82. The monoisotopic (exact) mass is 328 g/mol. The van der Waals surface area contributed by atoms with Crippen LogP contribution in [0.4, 0.5) is 4.39 Å². The van der Waals surface area contributed by atoms with Gasteiger partial charge in [0.1, 0.15) is 5.82 Å². The first-order valence-electron chi connectivity index (χ1n) is 8.50. The first kappa shape index (κ1) is 18.1. The van der Waals surface area contributed by atoms with E-state index in [4.69, 9.17) is 0 Å². The predicted molar refractivity (Wildman–Crippen MR) is 95.4 cm³/mol. The van der Waals surface area contributed by atoms with E-state index in [1.807, 2.05) is 6.07 Å². The quantitative estimate of drug-likeness (QED) is 0.658. The van der Waals surface area contributed by atoms with Crippen LogP contribution in [0.15, 0.2) is 54.6 Å². The first-order valence-corrected chi connectivity index (χ1v) is 8.50.